The van der Waals surface area contributed by atoms with Gasteiger partial charge in [-0.2, -0.15) is 0 Å². The number of amides is 1. The van der Waals surface area contributed by atoms with E-state index < -0.39 is 11.1 Å². The van der Waals surface area contributed by atoms with E-state index in [0.717, 1.165) is 12.8 Å². The van der Waals surface area contributed by atoms with Crippen molar-refractivity contribution in [3.8, 4) is 0 Å². The van der Waals surface area contributed by atoms with E-state index in [1.165, 1.54) is 0 Å². The standard InChI is InChI=1S/C11H17NO3/c1-10(2,3)9(14)12-5-4-8-6-11(8,12)15-7-13/h7-8H,4-6H2,1-3H3. The Morgan fingerprint density at radius 3 is 2.67 bits per heavy atom. The summed E-state index contributed by atoms with van der Waals surface area (Å²) in [5.74, 6) is 0.443. The van der Waals surface area contributed by atoms with Crippen molar-refractivity contribution in [1.82, 2.24) is 4.90 Å². The van der Waals surface area contributed by atoms with Gasteiger partial charge in [0.2, 0.25) is 5.91 Å². The Bertz CT molecular complexity index is 307. The van der Waals surface area contributed by atoms with Gasteiger partial charge in [0, 0.05) is 24.3 Å². The van der Waals surface area contributed by atoms with Crippen LogP contribution >= 0.6 is 0 Å². The van der Waals surface area contributed by atoms with Crippen molar-refractivity contribution in [2.24, 2.45) is 11.3 Å². The SMILES string of the molecule is CC(C)(C)C(=O)N1CCC2CC21OC=O. The Morgan fingerprint density at radius 2 is 2.20 bits per heavy atom. The quantitative estimate of drug-likeness (QED) is 0.644. The first kappa shape index (κ1) is 10.5. The van der Waals surface area contributed by atoms with Crippen LogP contribution in [-0.4, -0.2) is 29.5 Å². The Morgan fingerprint density at radius 1 is 1.53 bits per heavy atom. The summed E-state index contributed by atoms with van der Waals surface area (Å²) >= 11 is 0. The van der Waals surface area contributed by atoms with Gasteiger partial charge in [-0.05, 0) is 6.42 Å². The highest BCUT2D eigenvalue weighted by Gasteiger charge is 2.67. The van der Waals surface area contributed by atoms with E-state index in [2.05, 4.69) is 0 Å². The fraction of sp³-hybridized carbons (Fsp3) is 0.818. The second kappa shape index (κ2) is 2.97. The Kier molecular flexibility index (Phi) is 2.07. The summed E-state index contributed by atoms with van der Waals surface area (Å²) in [6, 6.07) is 0. The molecule has 1 amide bonds. The number of hydrogen-bond donors (Lipinski definition) is 0. The van der Waals surface area contributed by atoms with Crippen LogP contribution in [0, 0.1) is 11.3 Å². The number of carbonyl (C=O) groups is 2. The lowest BCUT2D eigenvalue weighted by atomic mass is 9.94. The zero-order valence-corrected chi connectivity index (χ0v) is 9.45. The second-order valence-electron chi connectivity index (χ2n) is 5.46. The average molecular weight is 211 g/mol. The van der Waals surface area contributed by atoms with E-state index in [1.807, 2.05) is 20.8 Å². The van der Waals surface area contributed by atoms with Crippen molar-refractivity contribution in [3.63, 3.8) is 0 Å². The van der Waals surface area contributed by atoms with Crippen LogP contribution in [0.15, 0.2) is 0 Å². The summed E-state index contributed by atoms with van der Waals surface area (Å²) in [5.41, 5.74) is -0.983. The molecule has 4 nitrogen and oxygen atoms in total. The molecule has 4 heteroatoms. The molecule has 0 aromatic carbocycles. The molecule has 0 aromatic rings. The highest BCUT2D eigenvalue weighted by Crippen LogP contribution is 2.56. The second-order valence-corrected chi connectivity index (χ2v) is 5.46. The van der Waals surface area contributed by atoms with Crippen molar-refractivity contribution < 1.29 is 14.3 Å². The third-order valence-corrected chi connectivity index (χ3v) is 3.31. The van der Waals surface area contributed by atoms with Gasteiger partial charge in [-0.15, -0.1) is 0 Å². The van der Waals surface area contributed by atoms with Crippen LogP contribution in [0.5, 0.6) is 0 Å². The molecule has 2 rings (SSSR count). The molecule has 84 valence electrons. The van der Waals surface area contributed by atoms with Gasteiger partial charge in [0.25, 0.3) is 6.47 Å². The van der Waals surface area contributed by atoms with Crippen molar-refractivity contribution in [1.29, 1.82) is 0 Å². The number of fused-ring (bicyclic) bond motifs is 1. The number of likely N-dealkylation sites (tertiary alicyclic amines) is 1. The predicted octanol–water partition coefficient (Wildman–Crippen LogP) is 1.15. The van der Waals surface area contributed by atoms with Gasteiger partial charge in [-0.1, -0.05) is 20.8 Å². The predicted molar refractivity (Wildman–Crippen MR) is 53.8 cm³/mol. The summed E-state index contributed by atoms with van der Waals surface area (Å²) in [6.07, 6.45) is 1.77. The first-order chi connectivity index (χ1) is 6.92. The van der Waals surface area contributed by atoms with Crippen LogP contribution in [0.1, 0.15) is 33.6 Å². The summed E-state index contributed by atoms with van der Waals surface area (Å²) in [6.45, 7) is 6.85. The van der Waals surface area contributed by atoms with Crippen molar-refractivity contribution in [2.45, 2.75) is 39.3 Å². The smallest absolute Gasteiger partial charge is 0.295 e. The molecule has 15 heavy (non-hydrogen) atoms. The number of carbonyl (C=O) groups excluding carboxylic acids is 2. The number of piperidine rings is 1. The van der Waals surface area contributed by atoms with E-state index in [1.54, 1.807) is 4.90 Å². The molecule has 0 spiro atoms. The van der Waals surface area contributed by atoms with Crippen LogP contribution in [0.25, 0.3) is 0 Å². The molecule has 1 heterocycles. The molecule has 1 saturated heterocycles. The Labute approximate surface area is 89.6 Å². The maximum atomic E-state index is 12.1. The van der Waals surface area contributed by atoms with Crippen molar-refractivity contribution in [3.05, 3.63) is 0 Å². The summed E-state index contributed by atoms with van der Waals surface area (Å²) in [5, 5.41) is 0. The molecule has 1 aliphatic heterocycles. The van der Waals surface area contributed by atoms with Gasteiger partial charge in [0.05, 0.1) is 0 Å². The first-order valence-corrected chi connectivity index (χ1v) is 5.35. The third kappa shape index (κ3) is 1.43. The number of ether oxygens (including phenoxy) is 1. The minimum Gasteiger partial charge on any atom is -0.441 e. The van der Waals surface area contributed by atoms with Crippen LogP contribution in [0.4, 0.5) is 0 Å². The van der Waals surface area contributed by atoms with Crippen LogP contribution in [-0.2, 0) is 14.3 Å². The lowest BCUT2D eigenvalue weighted by Gasteiger charge is -2.32. The molecule has 1 saturated carbocycles. The average Bonchev–Trinajstić information content (AvgIpc) is 2.70. The maximum Gasteiger partial charge on any atom is 0.295 e. The van der Waals surface area contributed by atoms with E-state index in [-0.39, 0.29) is 5.91 Å². The maximum absolute atomic E-state index is 12.1. The lowest BCUT2D eigenvalue weighted by molar-refractivity contribution is -0.162. The molecular weight excluding hydrogens is 194 g/mol. The molecule has 0 bridgehead atoms. The van der Waals surface area contributed by atoms with Crippen LogP contribution < -0.4 is 0 Å². The Balaban J connectivity index is 2.16. The van der Waals surface area contributed by atoms with E-state index in [0.29, 0.717) is 18.9 Å². The minimum absolute atomic E-state index is 0.0735. The third-order valence-electron chi connectivity index (χ3n) is 3.31. The normalized spacial score (nSPS) is 33.5. The zero-order chi connectivity index (χ0) is 11.3. The van der Waals surface area contributed by atoms with Gasteiger partial charge in [0.15, 0.2) is 5.72 Å². The molecule has 2 unspecified atom stereocenters. The number of hydrogen-bond acceptors (Lipinski definition) is 3. The van der Waals surface area contributed by atoms with E-state index >= 15 is 0 Å². The summed E-state index contributed by atoms with van der Waals surface area (Å²) in [4.78, 5) is 24.3. The first-order valence-electron chi connectivity index (χ1n) is 5.35. The molecule has 1 aliphatic carbocycles. The summed E-state index contributed by atoms with van der Waals surface area (Å²) < 4.78 is 5.12. The molecular formula is C11H17NO3. The minimum atomic E-state index is -0.577. The molecule has 0 N–H and O–H groups in total. The van der Waals surface area contributed by atoms with Crippen molar-refractivity contribution >= 4 is 12.4 Å². The van der Waals surface area contributed by atoms with Gasteiger partial charge in [-0.25, -0.2) is 0 Å². The zero-order valence-electron chi connectivity index (χ0n) is 9.45. The molecule has 0 radical (unpaired) electrons. The lowest BCUT2D eigenvalue weighted by Crippen LogP contribution is -2.46. The summed E-state index contributed by atoms with van der Waals surface area (Å²) in [7, 11) is 0. The van der Waals surface area contributed by atoms with Gasteiger partial charge in [-0.3, -0.25) is 9.59 Å². The highest BCUT2D eigenvalue weighted by molar-refractivity contribution is 5.83. The molecule has 2 fully saturated rings. The van der Waals surface area contributed by atoms with Crippen LogP contribution in [0.3, 0.4) is 0 Å². The van der Waals surface area contributed by atoms with E-state index in [9.17, 15) is 9.59 Å². The Hall–Kier alpha value is -1.06. The van der Waals surface area contributed by atoms with Gasteiger partial charge >= 0.3 is 0 Å². The van der Waals surface area contributed by atoms with E-state index in [4.69, 9.17) is 4.74 Å². The van der Waals surface area contributed by atoms with Gasteiger partial charge < -0.3 is 9.64 Å². The van der Waals surface area contributed by atoms with Gasteiger partial charge in [0.1, 0.15) is 0 Å². The number of rotatable bonds is 2. The molecule has 0 aromatic heterocycles. The largest absolute Gasteiger partial charge is 0.441 e. The monoisotopic (exact) mass is 211 g/mol. The fourth-order valence-electron chi connectivity index (χ4n) is 2.40. The molecule has 2 aliphatic rings. The highest BCUT2D eigenvalue weighted by atomic mass is 16.6. The van der Waals surface area contributed by atoms with Crippen molar-refractivity contribution in [2.75, 3.05) is 6.54 Å². The van der Waals surface area contributed by atoms with Crippen LogP contribution in [0.2, 0.25) is 0 Å². The fourth-order valence-corrected chi connectivity index (χ4v) is 2.40. The topological polar surface area (TPSA) is 46.6 Å². The molecule has 2 atom stereocenters. The number of nitrogens with zero attached hydrogens (tertiary/aromatic N) is 1.